The minimum absolute atomic E-state index is 0.0289. The van der Waals surface area contributed by atoms with Crippen LogP contribution in [0.2, 0.25) is 0 Å². The smallest absolute Gasteiger partial charge is 0.267 e. The molecule has 0 aromatic carbocycles. The van der Waals surface area contributed by atoms with E-state index in [-0.39, 0.29) is 23.1 Å². The topological polar surface area (TPSA) is 100 Å². The van der Waals surface area contributed by atoms with Crippen molar-refractivity contribution in [3.63, 3.8) is 0 Å². The molecule has 0 saturated carbocycles. The number of hydrogen-bond acceptors (Lipinski definition) is 4. The number of carbonyl (C=O) groups is 1. The molecule has 0 aliphatic carbocycles. The minimum atomic E-state index is -3.76. The second kappa shape index (κ2) is 6.59. The fourth-order valence-electron chi connectivity index (χ4n) is 1.97. The second-order valence-electron chi connectivity index (χ2n) is 5.24. The first-order valence-corrected chi connectivity index (χ1v) is 8.20. The normalized spacial score (nSPS) is 14.7. The number of aliphatic hydroxyl groups excluding tert-OH is 1. The Kier molecular flexibility index (Phi) is 5.54. The summed E-state index contributed by atoms with van der Waals surface area (Å²) in [6.45, 7) is 3.48. The van der Waals surface area contributed by atoms with E-state index in [1.807, 2.05) is 6.92 Å². The van der Waals surface area contributed by atoms with E-state index in [1.165, 1.54) is 23.9 Å². The van der Waals surface area contributed by atoms with Crippen LogP contribution in [0.1, 0.15) is 37.2 Å². The van der Waals surface area contributed by atoms with Crippen LogP contribution in [-0.2, 0) is 17.1 Å². The van der Waals surface area contributed by atoms with Gasteiger partial charge in [0.05, 0.1) is 0 Å². The molecule has 1 aromatic rings. The summed E-state index contributed by atoms with van der Waals surface area (Å²) in [5.41, 5.74) is -0.463. The Bertz CT molecular complexity index is 609. The summed E-state index contributed by atoms with van der Waals surface area (Å²) in [5, 5.41) is 11.5. The van der Waals surface area contributed by atoms with Crippen molar-refractivity contribution in [2.75, 3.05) is 13.7 Å². The summed E-state index contributed by atoms with van der Waals surface area (Å²) in [5.74, 6) is -0.354. The third-order valence-corrected chi connectivity index (χ3v) is 5.18. The van der Waals surface area contributed by atoms with Crippen molar-refractivity contribution in [2.45, 2.75) is 37.1 Å². The van der Waals surface area contributed by atoms with Crippen LogP contribution < -0.4 is 10.0 Å². The zero-order valence-electron chi connectivity index (χ0n) is 12.8. The number of amides is 1. The molecule has 1 atom stereocenters. The fraction of sp³-hybridized carbons (Fsp3) is 0.615. The number of aryl methyl sites for hydroxylation is 1. The van der Waals surface area contributed by atoms with E-state index < -0.39 is 15.6 Å². The Morgan fingerprint density at radius 2 is 2.10 bits per heavy atom. The van der Waals surface area contributed by atoms with Gasteiger partial charge in [0.2, 0.25) is 10.0 Å². The number of aromatic nitrogens is 1. The summed E-state index contributed by atoms with van der Waals surface area (Å²) in [6.07, 6.45) is 2.25. The molecule has 0 bridgehead atoms. The van der Waals surface area contributed by atoms with Crippen molar-refractivity contribution in [3.8, 4) is 0 Å². The molecule has 0 spiro atoms. The number of aliphatic hydroxyl groups is 1. The maximum Gasteiger partial charge on any atom is 0.267 e. The highest BCUT2D eigenvalue weighted by Gasteiger charge is 2.30. The Morgan fingerprint density at radius 1 is 1.48 bits per heavy atom. The first-order valence-electron chi connectivity index (χ1n) is 6.72. The van der Waals surface area contributed by atoms with Gasteiger partial charge in [-0.05, 0) is 25.8 Å². The molecule has 1 amide bonds. The third kappa shape index (κ3) is 4.05. The molecule has 1 heterocycles. The van der Waals surface area contributed by atoms with Crippen LogP contribution >= 0.6 is 0 Å². The molecule has 1 rings (SSSR count). The highest BCUT2D eigenvalue weighted by molar-refractivity contribution is 7.89. The number of rotatable bonds is 7. The molecule has 0 aliphatic rings. The predicted octanol–water partition coefficient (Wildman–Crippen LogP) is 0.214. The molecule has 8 heteroatoms. The lowest BCUT2D eigenvalue weighted by Gasteiger charge is -2.28. The van der Waals surface area contributed by atoms with Crippen LogP contribution in [0.4, 0.5) is 0 Å². The summed E-state index contributed by atoms with van der Waals surface area (Å²) in [4.78, 5) is 11.7. The van der Waals surface area contributed by atoms with Gasteiger partial charge in [0, 0.05) is 32.4 Å². The lowest BCUT2D eigenvalue weighted by molar-refractivity contribution is 0.0955. The standard InChI is InChI=1S/C13H23N3O4S/c1-5-13(2,6-7-17)15-21(19,20)10-8-11(12(18)14-3)16(4)9-10/h8-9,15,17H,5-7H2,1-4H3,(H,14,18). The van der Waals surface area contributed by atoms with Gasteiger partial charge in [0.1, 0.15) is 10.6 Å². The lowest BCUT2D eigenvalue weighted by Crippen LogP contribution is -2.45. The van der Waals surface area contributed by atoms with Crippen molar-refractivity contribution in [1.29, 1.82) is 0 Å². The SMILES string of the molecule is CCC(C)(CCO)NS(=O)(=O)c1cc(C(=O)NC)n(C)c1. The summed E-state index contributed by atoms with van der Waals surface area (Å²) >= 11 is 0. The average Bonchev–Trinajstić information content (AvgIpc) is 2.80. The quantitative estimate of drug-likeness (QED) is 0.669. The molecule has 0 fully saturated rings. The van der Waals surface area contributed by atoms with Gasteiger partial charge in [0.25, 0.3) is 5.91 Å². The number of nitrogens with zero attached hydrogens (tertiary/aromatic N) is 1. The fourth-order valence-corrected chi connectivity index (χ4v) is 3.54. The summed E-state index contributed by atoms with van der Waals surface area (Å²) in [6, 6.07) is 1.33. The molecule has 0 aliphatic heterocycles. The summed E-state index contributed by atoms with van der Waals surface area (Å²) in [7, 11) is -0.667. The zero-order valence-corrected chi connectivity index (χ0v) is 13.6. The van der Waals surface area contributed by atoms with Crippen LogP contribution in [0.15, 0.2) is 17.2 Å². The first-order chi connectivity index (χ1) is 9.69. The van der Waals surface area contributed by atoms with E-state index in [0.29, 0.717) is 12.8 Å². The Balaban J connectivity index is 3.11. The Morgan fingerprint density at radius 3 is 2.57 bits per heavy atom. The molecule has 7 nitrogen and oxygen atoms in total. The molecule has 120 valence electrons. The lowest BCUT2D eigenvalue weighted by atomic mass is 9.97. The van der Waals surface area contributed by atoms with Crippen LogP contribution in [0.3, 0.4) is 0 Å². The predicted molar refractivity (Wildman–Crippen MR) is 79.5 cm³/mol. The van der Waals surface area contributed by atoms with Crippen molar-refractivity contribution in [3.05, 3.63) is 18.0 Å². The maximum absolute atomic E-state index is 12.4. The van der Waals surface area contributed by atoms with Crippen LogP contribution in [-0.4, -0.2) is 43.2 Å². The van der Waals surface area contributed by atoms with Gasteiger partial charge in [-0.1, -0.05) is 6.92 Å². The monoisotopic (exact) mass is 317 g/mol. The van der Waals surface area contributed by atoms with Crippen molar-refractivity contribution >= 4 is 15.9 Å². The van der Waals surface area contributed by atoms with Crippen molar-refractivity contribution < 1.29 is 18.3 Å². The van der Waals surface area contributed by atoms with Gasteiger partial charge in [-0.3, -0.25) is 4.79 Å². The number of sulfonamides is 1. The number of nitrogens with one attached hydrogen (secondary N) is 2. The zero-order chi connectivity index (χ0) is 16.3. The summed E-state index contributed by atoms with van der Waals surface area (Å²) < 4.78 is 28.9. The molecule has 1 aromatic heterocycles. The van der Waals surface area contributed by atoms with Gasteiger partial charge in [-0.25, -0.2) is 13.1 Å². The third-order valence-electron chi connectivity index (χ3n) is 3.57. The Hall–Kier alpha value is -1.38. The molecule has 1 unspecified atom stereocenters. The maximum atomic E-state index is 12.4. The van der Waals surface area contributed by atoms with Gasteiger partial charge in [-0.15, -0.1) is 0 Å². The van der Waals surface area contributed by atoms with E-state index in [2.05, 4.69) is 10.0 Å². The molecule has 0 saturated heterocycles. The molecule has 3 N–H and O–H groups in total. The Labute approximate surface area is 125 Å². The number of carbonyl (C=O) groups excluding carboxylic acids is 1. The highest BCUT2D eigenvalue weighted by atomic mass is 32.2. The van der Waals surface area contributed by atoms with Crippen LogP contribution in [0.5, 0.6) is 0 Å². The van der Waals surface area contributed by atoms with Gasteiger partial charge in [-0.2, -0.15) is 0 Å². The largest absolute Gasteiger partial charge is 0.396 e. The molecular weight excluding hydrogens is 294 g/mol. The second-order valence-corrected chi connectivity index (χ2v) is 6.93. The van der Waals surface area contributed by atoms with E-state index in [1.54, 1.807) is 14.0 Å². The molecule has 21 heavy (non-hydrogen) atoms. The van der Waals surface area contributed by atoms with E-state index >= 15 is 0 Å². The molecular formula is C13H23N3O4S. The van der Waals surface area contributed by atoms with Gasteiger partial charge < -0.3 is 15.0 Å². The minimum Gasteiger partial charge on any atom is -0.396 e. The van der Waals surface area contributed by atoms with E-state index in [9.17, 15) is 13.2 Å². The van der Waals surface area contributed by atoms with Gasteiger partial charge >= 0.3 is 0 Å². The molecule has 0 radical (unpaired) electrons. The van der Waals surface area contributed by atoms with Gasteiger partial charge in [0.15, 0.2) is 0 Å². The van der Waals surface area contributed by atoms with Crippen LogP contribution in [0.25, 0.3) is 0 Å². The van der Waals surface area contributed by atoms with E-state index in [4.69, 9.17) is 5.11 Å². The average molecular weight is 317 g/mol. The highest BCUT2D eigenvalue weighted by Crippen LogP contribution is 2.20. The van der Waals surface area contributed by atoms with Crippen molar-refractivity contribution in [1.82, 2.24) is 14.6 Å². The first kappa shape index (κ1) is 17.7. The number of hydrogen-bond donors (Lipinski definition) is 3. The van der Waals surface area contributed by atoms with Crippen molar-refractivity contribution in [2.24, 2.45) is 7.05 Å². The van der Waals surface area contributed by atoms with Crippen LogP contribution in [0, 0.1) is 0 Å². The van der Waals surface area contributed by atoms with E-state index in [0.717, 1.165) is 0 Å².